The quantitative estimate of drug-likeness (QED) is 0.407. The SMILES string of the molecule is CCCCC(NC(=O)NCc1ccccc1)C(=O)N(Cc1cccs1)Cc1cccs1. The van der Waals surface area contributed by atoms with Crippen LogP contribution in [0.4, 0.5) is 4.79 Å². The maximum atomic E-state index is 13.5. The summed E-state index contributed by atoms with van der Waals surface area (Å²) >= 11 is 3.28. The lowest BCUT2D eigenvalue weighted by Crippen LogP contribution is -2.50. The van der Waals surface area contributed by atoms with E-state index in [0.717, 1.165) is 28.2 Å². The van der Waals surface area contributed by atoms with Crippen molar-refractivity contribution in [3.8, 4) is 0 Å². The number of thiophene rings is 2. The Bertz CT molecular complexity index is 875. The number of carbonyl (C=O) groups is 2. The van der Waals surface area contributed by atoms with Crippen molar-refractivity contribution in [2.24, 2.45) is 0 Å². The van der Waals surface area contributed by atoms with Crippen molar-refractivity contribution in [1.82, 2.24) is 15.5 Å². The number of nitrogens with zero attached hydrogens (tertiary/aromatic N) is 1. The van der Waals surface area contributed by atoms with Crippen LogP contribution >= 0.6 is 22.7 Å². The molecule has 2 aromatic heterocycles. The molecule has 0 bridgehead atoms. The summed E-state index contributed by atoms with van der Waals surface area (Å²) in [5, 5.41) is 9.84. The molecule has 7 heteroatoms. The normalized spacial score (nSPS) is 11.6. The van der Waals surface area contributed by atoms with E-state index in [0.29, 0.717) is 26.1 Å². The third-order valence-corrected chi connectivity index (χ3v) is 6.63. The van der Waals surface area contributed by atoms with Gasteiger partial charge in [-0.25, -0.2) is 4.79 Å². The van der Waals surface area contributed by atoms with Gasteiger partial charge in [0.05, 0.1) is 13.1 Å². The number of nitrogens with one attached hydrogen (secondary N) is 2. The summed E-state index contributed by atoms with van der Waals surface area (Å²) in [4.78, 5) is 30.2. The van der Waals surface area contributed by atoms with Crippen molar-refractivity contribution in [2.45, 2.75) is 51.9 Å². The number of unbranched alkanes of at least 4 members (excludes halogenated alkanes) is 1. The Balaban J connectivity index is 1.67. The lowest BCUT2D eigenvalue weighted by atomic mass is 10.1. The van der Waals surface area contributed by atoms with E-state index in [9.17, 15) is 9.59 Å². The van der Waals surface area contributed by atoms with Crippen molar-refractivity contribution in [3.05, 3.63) is 80.7 Å². The monoisotopic (exact) mass is 455 g/mol. The Morgan fingerprint density at radius 3 is 2.13 bits per heavy atom. The van der Waals surface area contributed by atoms with E-state index >= 15 is 0 Å². The highest BCUT2D eigenvalue weighted by Gasteiger charge is 2.26. The van der Waals surface area contributed by atoms with Gasteiger partial charge in [-0.2, -0.15) is 0 Å². The van der Waals surface area contributed by atoms with Crippen LogP contribution in [0.3, 0.4) is 0 Å². The minimum atomic E-state index is -0.546. The molecular formula is C24H29N3O2S2. The Kier molecular flexibility index (Phi) is 9.12. The van der Waals surface area contributed by atoms with Crippen LogP contribution in [-0.4, -0.2) is 22.9 Å². The molecule has 0 aliphatic heterocycles. The molecule has 31 heavy (non-hydrogen) atoms. The third kappa shape index (κ3) is 7.52. The van der Waals surface area contributed by atoms with Crippen molar-refractivity contribution in [2.75, 3.05) is 0 Å². The van der Waals surface area contributed by atoms with E-state index in [2.05, 4.69) is 17.6 Å². The predicted octanol–water partition coefficient (Wildman–Crippen LogP) is 5.40. The number of benzene rings is 1. The average molecular weight is 456 g/mol. The zero-order valence-corrected chi connectivity index (χ0v) is 19.4. The van der Waals surface area contributed by atoms with Gasteiger partial charge in [-0.3, -0.25) is 4.79 Å². The van der Waals surface area contributed by atoms with E-state index in [-0.39, 0.29) is 11.9 Å². The molecule has 0 spiro atoms. The van der Waals surface area contributed by atoms with Gasteiger partial charge in [-0.05, 0) is 34.9 Å². The first-order chi connectivity index (χ1) is 15.2. The summed E-state index contributed by atoms with van der Waals surface area (Å²) in [6.45, 7) is 3.61. The Labute approximate surface area is 192 Å². The molecule has 5 nitrogen and oxygen atoms in total. The van der Waals surface area contributed by atoms with Gasteiger partial charge in [0.25, 0.3) is 0 Å². The predicted molar refractivity (Wildman–Crippen MR) is 128 cm³/mol. The first kappa shape index (κ1) is 23.0. The highest BCUT2D eigenvalue weighted by Crippen LogP contribution is 2.19. The maximum absolute atomic E-state index is 13.5. The Morgan fingerprint density at radius 1 is 0.935 bits per heavy atom. The zero-order valence-electron chi connectivity index (χ0n) is 17.8. The fourth-order valence-corrected chi connectivity index (χ4v) is 4.71. The maximum Gasteiger partial charge on any atom is 0.315 e. The number of urea groups is 1. The highest BCUT2D eigenvalue weighted by molar-refractivity contribution is 7.10. The zero-order chi connectivity index (χ0) is 21.9. The largest absolute Gasteiger partial charge is 0.334 e. The van der Waals surface area contributed by atoms with Crippen LogP contribution in [-0.2, 0) is 24.4 Å². The van der Waals surface area contributed by atoms with Crippen LogP contribution < -0.4 is 10.6 Å². The number of amides is 3. The van der Waals surface area contributed by atoms with E-state index in [1.165, 1.54) is 0 Å². The van der Waals surface area contributed by atoms with Crippen LogP contribution in [0.5, 0.6) is 0 Å². The summed E-state index contributed by atoms with van der Waals surface area (Å²) in [5.41, 5.74) is 1.02. The molecule has 0 fully saturated rings. The molecule has 0 radical (unpaired) electrons. The number of hydrogen-bond donors (Lipinski definition) is 2. The molecule has 3 amide bonds. The van der Waals surface area contributed by atoms with Gasteiger partial charge >= 0.3 is 6.03 Å². The summed E-state index contributed by atoms with van der Waals surface area (Å²) in [5.74, 6) is -0.0369. The summed E-state index contributed by atoms with van der Waals surface area (Å²) in [7, 11) is 0. The lowest BCUT2D eigenvalue weighted by Gasteiger charge is -2.27. The highest BCUT2D eigenvalue weighted by atomic mass is 32.1. The molecule has 3 aromatic rings. The fourth-order valence-electron chi connectivity index (χ4n) is 3.27. The first-order valence-corrected chi connectivity index (χ1v) is 12.3. The molecule has 1 atom stereocenters. The van der Waals surface area contributed by atoms with Crippen molar-refractivity contribution < 1.29 is 9.59 Å². The molecule has 0 aliphatic carbocycles. The Hall–Kier alpha value is -2.64. The van der Waals surface area contributed by atoms with Crippen LogP contribution in [0.25, 0.3) is 0 Å². The molecule has 0 aliphatic rings. The first-order valence-electron chi connectivity index (χ1n) is 10.6. The third-order valence-electron chi connectivity index (χ3n) is 4.91. The Morgan fingerprint density at radius 2 is 1.58 bits per heavy atom. The van der Waals surface area contributed by atoms with E-state index in [1.54, 1.807) is 22.7 Å². The van der Waals surface area contributed by atoms with Gasteiger partial charge < -0.3 is 15.5 Å². The molecule has 164 valence electrons. The van der Waals surface area contributed by atoms with Crippen molar-refractivity contribution in [3.63, 3.8) is 0 Å². The number of carbonyl (C=O) groups excluding carboxylic acids is 2. The van der Waals surface area contributed by atoms with Gasteiger partial charge in [0, 0.05) is 16.3 Å². The molecule has 1 unspecified atom stereocenters. The van der Waals surface area contributed by atoms with E-state index in [4.69, 9.17) is 0 Å². The molecule has 2 heterocycles. The summed E-state index contributed by atoms with van der Waals surface area (Å²) in [6.07, 6.45) is 2.47. The molecule has 3 rings (SSSR count). The number of rotatable bonds is 11. The average Bonchev–Trinajstić information content (AvgIpc) is 3.49. The van der Waals surface area contributed by atoms with Crippen molar-refractivity contribution >= 4 is 34.6 Å². The molecular weight excluding hydrogens is 426 g/mol. The van der Waals surface area contributed by atoms with Gasteiger partial charge in [0.15, 0.2) is 0 Å². The van der Waals surface area contributed by atoms with Gasteiger partial charge in [-0.15, -0.1) is 22.7 Å². The van der Waals surface area contributed by atoms with Gasteiger partial charge in [0.2, 0.25) is 5.91 Å². The van der Waals surface area contributed by atoms with E-state index in [1.807, 2.05) is 70.3 Å². The smallest absolute Gasteiger partial charge is 0.315 e. The minimum Gasteiger partial charge on any atom is -0.334 e. The minimum absolute atomic E-state index is 0.0369. The van der Waals surface area contributed by atoms with Crippen molar-refractivity contribution in [1.29, 1.82) is 0 Å². The second kappa shape index (κ2) is 12.3. The molecule has 1 aromatic carbocycles. The standard InChI is InChI=1S/C24H29N3O2S2/c1-2-3-13-22(26-24(29)25-16-19-9-5-4-6-10-19)23(28)27(17-20-11-7-14-30-20)18-21-12-8-15-31-21/h4-12,14-15,22H,2-3,13,16-18H2,1H3,(H2,25,26,29). The second-order valence-corrected chi connectivity index (χ2v) is 9.42. The van der Waals surface area contributed by atoms with E-state index < -0.39 is 6.04 Å². The van der Waals surface area contributed by atoms with Crippen LogP contribution in [0.15, 0.2) is 65.4 Å². The molecule has 0 saturated heterocycles. The summed E-state index contributed by atoms with van der Waals surface area (Å²) in [6, 6.07) is 17.0. The van der Waals surface area contributed by atoms with Crippen LogP contribution in [0.1, 0.15) is 41.5 Å². The topological polar surface area (TPSA) is 61.4 Å². The lowest BCUT2D eigenvalue weighted by molar-refractivity contribution is -0.134. The van der Waals surface area contributed by atoms with Crippen LogP contribution in [0, 0.1) is 0 Å². The molecule has 0 saturated carbocycles. The number of hydrogen-bond acceptors (Lipinski definition) is 4. The van der Waals surface area contributed by atoms with Crippen LogP contribution in [0.2, 0.25) is 0 Å². The second-order valence-electron chi connectivity index (χ2n) is 7.36. The van der Waals surface area contributed by atoms with Gasteiger partial charge in [-0.1, -0.05) is 62.2 Å². The summed E-state index contributed by atoms with van der Waals surface area (Å²) < 4.78 is 0. The molecule has 2 N–H and O–H groups in total. The fraction of sp³-hybridized carbons (Fsp3) is 0.333. The van der Waals surface area contributed by atoms with Gasteiger partial charge in [0.1, 0.15) is 6.04 Å².